The Balaban J connectivity index is 1.97. The Kier molecular flexibility index (Phi) is 5.75. The molecule has 0 radical (unpaired) electrons. The second kappa shape index (κ2) is 8.22. The predicted molar refractivity (Wildman–Crippen MR) is 98.2 cm³/mol. The van der Waals surface area contributed by atoms with Gasteiger partial charge in [0.1, 0.15) is 5.82 Å². The van der Waals surface area contributed by atoms with Gasteiger partial charge in [-0.3, -0.25) is 4.79 Å². The highest BCUT2D eigenvalue weighted by atomic mass is 19.1. The average Bonchev–Trinajstić information content (AvgIpc) is 3.11. The van der Waals surface area contributed by atoms with Gasteiger partial charge in [0.15, 0.2) is 11.5 Å². The van der Waals surface area contributed by atoms with E-state index in [0.29, 0.717) is 36.6 Å². The smallest absolute Gasteiger partial charge is 0.310 e. The summed E-state index contributed by atoms with van der Waals surface area (Å²) in [5, 5.41) is 2.80. The molecule has 2 aromatic rings. The number of methoxy groups -OCH3 is 2. The van der Waals surface area contributed by atoms with Crippen LogP contribution in [0.4, 0.5) is 15.9 Å². The number of ether oxygens (including phenoxy) is 2. The molecule has 1 fully saturated rings. The lowest BCUT2D eigenvalue weighted by atomic mass is 10.0. The summed E-state index contributed by atoms with van der Waals surface area (Å²) in [7, 11) is 2.94. The molecular formula is C19H20FN3O4. The number of esters is 1. The molecule has 0 amide bonds. The minimum absolute atomic E-state index is 0.221. The van der Waals surface area contributed by atoms with Crippen LogP contribution in [-0.2, 0) is 14.3 Å². The number of nitroso groups, excluding NO2 is 1. The minimum Gasteiger partial charge on any atom is -0.469 e. The molecule has 0 spiro atoms. The molecule has 0 aliphatic carbocycles. The Hall–Kier alpha value is -2.87. The molecular weight excluding hydrogens is 353 g/mol. The van der Waals surface area contributed by atoms with Gasteiger partial charge in [-0.1, -0.05) is 18.2 Å². The minimum atomic E-state index is -0.695. The van der Waals surface area contributed by atoms with Gasteiger partial charge < -0.3 is 14.4 Å². The Morgan fingerprint density at radius 3 is 2.78 bits per heavy atom. The zero-order chi connectivity index (χ0) is 19.4. The van der Waals surface area contributed by atoms with Crippen molar-refractivity contribution in [3.8, 4) is 11.3 Å². The van der Waals surface area contributed by atoms with E-state index >= 15 is 0 Å². The summed E-state index contributed by atoms with van der Waals surface area (Å²) in [5.74, 6) is -0.684. The molecule has 0 N–H and O–H groups in total. The van der Waals surface area contributed by atoms with Crippen molar-refractivity contribution in [2.45, 2.75) is 12.5 Å². The lowest BCUT2D eigenvalue weighted by molar-refractivity contribution is -0.146. The number of nitrogens with zero attached hydrogens (tertiary/aromatic N) is 3. The van der Waals surface area contributed by atoms with Crippen LogP contribution in [0, 0.1) is 16.6 Å². The number of carbonyl (C=O) groups excluding carboxylic acids is 1. The first kappa shape index (κ1) is 18.9. The van der Waals surface area contributed by atoms with E-state index in [1.54, 1.807) is 31.4 Å². The molecule has 3 rings (SSSR count). The Bertz CT molecular complexity index is 845. The third kappa shape index (κ3) is 3.66. The molecule has 27 heavy (non-hydrogen) atoms. The molecule has 0 unspecified atom stereocenters. The molecule has 1 aliphatic heterocycles. The normalized spacial score (nSPS) is 19.1. The van der Waals surface area contributed by atoms with Crippen molar-refractivity contribution in [1.29, 1.82) is 0 Å². The highest BCUT2D eigenvalue weighted by Gasteiger charge is 2.40. The summed E-state index contributed by atoms with van der Waals surface area (Å²) in [6, 6.07) is 9.32. The monoisotopic (exact) mass is 373 g/mol. The largest absolute Gasteiger partial charge is 0.469 e. The lowest BCUT2D eigenvalue weighted by Gasteiger charge is -2.28. The van der Waals surface area contributed by atoms with Crippen LogP contribution in [0.25, 0.3) is 11.3 Å². The van der Waals surface area contributed by atoms with Gasteiger partial charge in [0.25, 0.3) is 0 Å². The number of pyridine rings is 1. The number of aromatic nitrogens is 1. The average molecular weight is 373 g/mol. The van der Waals surface area contributed by atoms with Crippen LogP contribution in [0.15, 0.2) is 41.6 Å². The number of carbonyl (C=O) groups is 1. The Morgan fingerprint density at radius 1 is 1.30 bits per heavy atom. The van der Waals surface area contributed by atoms with Gasteiger partial charge in [-0.25, -0.2) is 9.37 Å². The van der Waals surface area contributed by atoms with Crippen molar-refractivity contribution in [1.82, 2.24) is 4.98 Å². The van der Waals surface area contributed by atoms with E-state index in [2.05, 4.69) is 10.2 Å². The molecule has 1 saturated heterocycles. The molecule has 1 aliphatic rings. The number of halogens is 1. The van der Waals surface area contributed by atoms with E-state index in [4.69, 9.17) is 9.47 Å². The van der Waals surface area contributed by atoms with Crippen molar-refractivity contribution >= 4 is 17.5 Å². The summed E-state index contributed by atoms with van der Waals surface area (Å²) in [6.07, 6.45) is 0.619. The first-order valence-corrected chi connectivity index (χ1v) is 8.53. The fourth-order valence-corrected chi connectivity index (χ4v) is 3.49. The van der Waals surface area contributed by atoms with Gasteiger partial charge in [0, 0.05) is 19.2 Å². The van der Waals surface area contributed by atoms with Crippen molar-refractivity contribution < 1.29 is 18.7 Å². The number of benzene rings is 1. The number of hydrogen-bond donors (Lipinski definition) is 0. The highest BCUT2D eigenvalue weighted by Crippen LogP contribution is 2.34. The zero-order valence-corrected chi connectivity index (χ0v) is 15.1. The van der Waals surface area contributed by atoms with Crippen LogP contribution in [0.3, 0.4) is 0 Å². The van der Waals surface area contributed by atoms with E-state index < -0.39 is 5.82 Å². The molecule has 0 saturated carbocycles. The van der Waals surface area contributed by atoms with E-state index in [1.165, 1.54) is 19.2 Å². The van der Waals surface area contributed by atoms with Crippen molar-refractivity contribution in [3.63, 3.8) is 0 Å². The summed E-state index contributed by atoms with van der Waals surface area (Å²) in [4.78, 5) is 29.7. The number of hydrogen-bond acceptors (Lipinski definition) is 7. The van der Waals surface area contributed by atoms with Crippen LogP contribution in [0.5, 0.6) is 0 Å². The number of anilines is 1. The maximum atomic E-state index is 13.9. The molecule has 1 aromatic heterocycles. The van der Waals surface area contributed by atoms with Crippen LogP contribution in [0.1, 0.15) is 6.42 Å². The third-order valence-electron chi connectivity index (χ3n) is 4.77. The molecule has 2 heterocycles. The van der Waals surface area contributed by atoms with Crippen molar-refractivity contribution in [2.75, 3.05) is 32.3 Å². The topological polar surface area (TPSA) is 81.1 Å². The Morgan fingerprint density at radius 2 is 2.07 bits per heavy atom. The van der Waals surface area contributed by atoms with E-state index in [1.807, 2.05) is 4.90 Å². The van der Waals surface area contributed by atoms with Gasteiger partial charge in [0.05, 0.1) is 31.4 Å². The van der Waals surface area contributed by atoms with Gasteiger partial charge in [-0.2, -0.15) is 0 Å². The van der Waals surface area contributed by atoms with Gasteiger partial charge in [-0.05, 0) is 29.8 Å². The fourth-order valence-electron chi connectivity index (χ4n) is 3.49. The third-order valence-corrected chi connectivity index (χ3v) is 4.77. The van der Waals surface area contributed by atoms with Gasteiger partial charge >= 0.3 is 5.97 Å². The predicted octanol–water partition coefficient (Wildman–Crippen LogP) is 3.30. The molecule has 2 atom stereocenters. The number of rotatable bonds is 6. The summed E-state index contributed by atoms with van der Waals surface area (Å²) in [5.41, 5.74) is 0.475. The van der Waals surface area contributed by atoms with Gasteiger partial charge in [-0.15, -0.1) is 4.91 Å². The van der Waals surface area contributed by atoms with Crippen LogP contribution >= 0.6 is 0 Å². The van der Waals surface area contributed by atoms with Crippen molar-refractivity contribution in [3.05, 3.63) is 47.1 Å². The van der Waals surface area contributed by atoms with E-state index in [-0.39, 0.29) is 23.6 Å². The van der Waals surface area contributed by atoms with Crippen molar-refractivity contribution in [2.24, 2.45) is 11.1 Å². The molecule has 142 valence electrons. The van der Waals surface area contributed by atoms with E-state index in [0.717, 1.165) is 0 Å². The first-order valence-electron chi connectivity index (χ1n) is 8.53. The lowest BCUT2D eigenvalue weighted by Crippen LogP contribution is -2.40. The second-order valence-corrected chi connectivity index (χ2v) is 6.24. The second-order valence-electron chi connectivity index (χ2n) is 6.24. The summed E-state index contributed by atoms with van der Waals surface area (Å²) >= 11 is 0. The summed E-state index contributed by atoms with van der Waals surface area (Å²) in [6.45, 7) is 0.943. The Labute approximate surface area is 156 Å². The zero-order valence-electron chi connectivity index (χ0n) is 15.1. The van der Waals surface area contributed by atoms with Crippen LogP contribution in [-0.4, -0.2) is 44.4 Å². The first-order chi connectivity index (χ1) is 13.1. The fraction of sp³-hybridized carbons (Fsp3) is 0.368. The maximum absolute atomic E-state index is 13.9. The molecule has 8 heteroatoms. The van der Waals surface area contributed by atoms with Crippen LogP contribution < -0.4 is 4.90 Å². The van der Waals surface area contributed by atoms with E-state index in [9.17, 15) is 14.1 Å². The molecule has 7 nitrogen and oxygen atoms in total. The highest BCUT2D eigenvalue weighted by molar-refractivity contribution is 5.76. The summed E-state index contributed by atoms with van der Waals surface area (Å²) < 4.78 is 24.1. The SMILES string of the molecule is COC[C@@H]1[C@H](C(=O)OC)CCN1c1cccc(-c2cccc(F)c2N=O)n1. The molecule has 0 bridgehead atoms. The molecule has 1 aromatic carbocycles. The standard InChI is InChI=1S/C19H20FN3O4/c1-26-11-16-13(19(24)27-2)9-10-23(16)17-8-4-7-15(21-17)12-5-3-6-14(20)18(12)22-25/h3-8,13,16H,9-11H2,1-2H3/t13-,16-/m1/s1. The maximum Gasteiger partial charge on any atom is 0.310 e. The van der Waals surface area contributed by atoms with Gasteiger partial charge in [0.2, 0.25) is 0 Å². The van der Waals surface area contributed by atoms with Crippen LogP contribution in [0.2, 0.25) is 0 Å². The quantitative estimate of drug-likeness (QED) is 0.571.